The van der Waals surface area contributed by atoms with Crippen LogP contribution in [0.25, 0.3) is 5.76 Å². The second-order valence-corrected chi connectivity index (χ2v) is 11.0. The van der Waals surface area contributed by atoms with Gasteiger partial charge in [0, 0.05) is 5.56 Å². The van der Waals surface area contributed by atoms with Gasteiger partial charge in [0.05, 0.1) is 37.1 Å². The molecule has 0 bridgehead atoms. The number of nitrogens with zero attached hydrogens (tertiary/aromatic N) is 2. The molecular formula is C32H34N2O9S. The van der Waals surface area contributed by atoms with Crippen LogP contribution < -0.4 is 23.8 Å². The monoisotopic (exact) mass is 622 g/mol. The molecule has 12 heteroatoms. The quantitative estimate of drug-likeness (QED) is 0.0947. The van der Waals surface area contributed by atoms with Crippen molar-refractivity contribution in [2.75, 3.05) is 37.9 Å². The first-order valence-electron chi connectivity index (χ1n) is 14.5. The highest BCUT2D eigenvalue weighted by molar-refractivity contribution is 7.17. The molecule has 0 radical (unpaired) electrons. The average molecular weight is 623 g/mol. The second-order valence-electron chi connectivity index (χ2n) is 10.0. The van der Waals surface area contributed by atoms with Gasteiger partial charge in [0.15, 0.2) is 28.1 Å². The zero-order chi connectivity index (χ0) is 31.4. The van der Waals surface area contributed by atoms with E-state index in [1.54, 1.807) is 50.2 Å². The number of aliphatic hydroxyl groups excluding tert-OH is 1. The van der Waals surface area contributed by atoms with Crippen molar-refractivity contribution in [2.45, 2.75) is 46.6 Å². The van der Waals surface area contributed by atoms with Gasteiger partial charge in [-0.15, -0.1) is 0 Å². The van der Waals surface area contributed by atoms with Crippen molar-refractivity contribution in [3.05, 3.63) is 63.7 Å². The molecule has 0 spiro atoms. The Hall–Kier alpha value is -4.58. The Morgan fingerprint density at radius 1 is 1.02 bits per heavy atom. The van der Waals surface area contributed by atoms with Crippen LogP contribution in [0.4, 0.5) is 5.13 Å². The normalized spacial score (nSPS) is 17.1. The van der Waals surface area contributed by atoms with E-state index in [4.69, 9.17) is 23.7 Å². The number of aromatic nitrogens is 1. The predicted octanol–water partition coefficient (Wildman–Crippen LogP) is 5.60. The number of aliphatic hydroxyl groups is 1. The Kier molecular flexibility index (Phi) is 9.38. The molecule has 2 aliphatic heterocycles. The maximum Gasteiger partial charge on any atom is 0.350 e. The van der Waals surface area contributed by atoms with Crippen LogP contribution in [0, 0.1) is 6.92 Å². The molecular weight excluding hydrogens is 588 g/mol. The summed E-state index contributed by atoms with van der Waals surface area (Å²) in [5.41, 5.74) is 0.939. The number of fused-ring (bicyclic) bond motifs is 1. The molecule has 1 N–H and O–H groups in total. The van der Waals surface area contributed by atoms with Crippen LogP contribution in [0.2, 0.25) is 0 Å². The Morgan fingerprint density at radius 3 is 2.52 bits per heavy atom. The summed E-state index contributed by atoms with van der Waals surface area (Å²) in [6.07, 6.45) is 1.81. The maximum atomic E-state index is 13.7. The van der Waals surface area contributed by atoms with Crippen molar-refractivity contribution < 1.29 is 43.2 Å². The van der Waals surface area contributed by atoms with Gasteiger partial charge in [0.2, 0.25) is 0 Å². The van der Waals surface area contributed by atoms with Crippen LogP contribution in [-0.2, 0) is 14.3 Å². The van der Waals surface area contributed by atoms with Gasteiger partial charge in [-0.1, -0.05) is 30.7 Å². The number of Topliss-reactive ketones (excluding diaryl/α,β-unsaturated/α-hetero) is 1. The third kappa shape index (κ3) is 5.94. The Bertz CT molecular complexity index is 1610. The number of benzene rings is 2. The van der Waals surface area contributed by atoms with E-state index in [2.05, 4.69) is 11.9 Å². The number of ether oxygens (including phenoxy) is 5. The van der Waals surface area contributed by atoms with Crippen LogP contribution >= 0.6 is 11.3 Å². The summed E-state index contributed by atoms with van der Waals surface area (Å²) >= 11 is 0.939. The number of hydrogen-bond acceptors (Lipinski definition) is 11. The molecule has 0 saturated carbocycles. The number of aryl methyl sites for hydroxylation is 1. The lowest BCUT2D eigenvalue weighted by molar-refractivity contribution is -0.132. The number of hydrogen-bond donors (Lipinski definition) is 1. The standard InChI is InChI=1S/C32H34N2O9S/c1-5-8-13-41-21-11-9-19(16-23(21)39-6-2)26-25(27(35)20-10-12-22-24(17-20)43-15-14-42-22)28(36)30(37)34(26)32-33-18(4)29(44-32)31(38)40-7-3/h9-12,16-17,26,35H,5-8,13-15H2,1-4H3. The number of anilines is 1. The van der Waals surface area contributed by atoms with Crippen LogP contribution in [0.1, 0.15) is 66.1 Å². The first kappa shape index (κ1) is 30.9. The molecule has 1 aromatic heterocycles. The van der Waals surface area contributed by atoms with Crippen molar-refractivity contribution in [3.63, 3.8) is 0 Å². The number of unbranched alkanes of at least 4 members (excludes halogenated alkanes) is 1. The fourth-order valence-corrected chi connectivity index (χ4v) is 5.96. The molecule has 1 unspecified atom stereocenters. The summed E-state index contributed by atoms with van der Waals surface area (Å²) in [5.74, 6) is -0.925. The molecule has 1 amide bonds. The summed E-state index contributed by atoms with van der Waals surface area (Å²) in [4.78, 5) is 45.9. The lowest BCUT2D eigenvalue weighted by Crippen LogP contribution is -2.29. The van der Waals surface area contributed by atoms with Gasteiger partial charge in [0.25, 0.3) is 5.78 Å². The Balaban J connectivity index is 1.67. The van der Waals surface area contributed by atoms with E-state index in [-0.39, 0.29) is 27.8 Å². The highest BCUT2D eigenvalue weighted by atomic mass is 32.1. The van der Waals surface area contributed by atoms with Gasteiger partial charge in [-0.05, 0) is 63.1 Å². The third-order valence-corrected chi connectivity index (χ3v) is 8.19. The zero-order valence-corrected chi connectivity index (χ0v) is 25.8. The van der Waals surface area contributed by atoms with Gasteiger partial charge in [0.1, 0.15) is 23.9 Å². The van der Waals surface area contributed by atoms with E-state index >= 15 is 0 Å². The third-order valence-electron chi connectivity index (χ3n) is 7.05. The molecule has 3 heterocycles. The fraction of sp³-hybridized carbons (Fsp3) is 0.375. The molecule has 1 fully saturated rings. The predicted molar refractivity (Wildman–Crippen MR) is 163 cm³/mol. The number of ketones is 1. The van der Waals surface area contributed by atoms with E-state index in [1.165, 1.54) is 4.90 Å². The number of esters is 1. The SMILES string of the molecule is CCCCOc1ccc(C2C(=C(O)c3ccc4c(c3)OCCO4)C(=O)C(=O)N2c2nc(C)c(C(=O)OCC)s2)cc1OCC. The first-order valence-corrected chi connectivity index (χ1v) is 15.4. The summed E-state index contributed by atoms with van der Waals surface area (Å²) in [6, 6.07) is 8.83. The first-order chi connectivity index (χ1) is 21.3. The van der Waals surface area contributed by atoms with E-state index in [9.17, 15) is 19.5 Å². The van der Waals surface area contributed by atoms with Crippen LogP contribution in [0.3, 0.4) is 0 Å². The Morgan fingerprint density at radius 2 is 1.80 bits per heavy atom. The van der Waals surface area contributed by atoms with Gasteiger partial charge in [-0.2, -0.15) is 0 Å². The molecule has 232 valence electrons. The number of rotatable bonds is 11. The minimum atomic E-state index is -1.10. The molecule has 1 atom stereocenters. The smallest absolute Gasteiger partial charge is 0.350 e. The van der Waals surface area contributed by atoms with E-state index < -0.39 is 29.5 Å². The number of carbonyl (C=O) groups excluding carboxylic acids is 3. The second kappa shape index (κ2) is 13.4. The number of thiazole rings is 1. The minimum Gasteiger partial charge on any atom is -0.507 e. The van der Waals surface area contributed by atoms with Crippen LogP contribution in [0.5, 0.6) is 23.0 Å². The lowest BCUT2D eigenvalue weighted by atomic mass is 9.95. The van der Waals surface area contributed by atoms with Gasteiger partial charge < -0.3 is 28.8 Å². The van der Waals surface area contributed by atoms with Gasteiger partial charge in [-0.25, -0.2) is 9.78 Å². The van der Waals surface area contributed by atoms with Crippen molar-refractivity contribution in [3.8, 4) is 23.0 Å². The molecule has 1 saturated heterocycles. The summed E-state index contributed by atoms with van der Waals surface area (Å²) < 4.78 is 28.3. The number of amides is 1. The molecule has 44 heavy (non-hydrogen) atoms. The van der Waals surface area contributed by atoms with Crippen molar-refractivity contribution in [2.24, 2.45) is 0 Å². The zero-order valence-electron chi connectivity index (χ0n) is 25.0. The van der Waals surface area contributed by atoms with Crippen molar-refractivity contribution in [1.29, 1.82) is 0 Å². The topological polar surface area (TPSA) is 134 Å². The Labute approximate surface area is 259 Å². The molecule has 0 aliphatic carbocycles. The molecule has 2 aromatic carbocycles. The molecule has 2 aliphatic rings. The summed E-state index contributed by atoms with van der Waals surface area (Å²) in [6.45, 7) is 8.96. The molecule has 3 aromatic rings. The lowest BCUT2D eigenvalue weighted by Gasteiger charge is -2.24. The number of carbonyl (C=O) groups is 3. The highest BCUT2D eigenvalue weighted by Gasteiger charge is 2.49. The van der Waals surface area contributed by atoms with Crippen LogP contribution in [0.15, 0.2) is 42.0 Å². The van der Waals surface area contributed by atoms with E-state index in [0.29, 0.717) is 60.7 Å². The van der Waals surface area contributed by atoms with Crippen molar-refractivity contribution in [1.82, 2.24) is 4.98 Å². The summed E-state index contributed by atoms with van der Waals surface area (Å²) in [7, 11) is 0. The average Bonchev–Trinajstić information content (AvgIpc) is 3.53. The minimum absolute atomic E-state index is 0.111. The van der Waals surface area contributed by atoms with Crippen LogP contribution in [-0.4, -0.2) is 60.8 Å². The summed E-state index contributed by atoms with van der Waals surface area (Å²) in [5, 5.41) is 11.7. The van der Waals surface area contributed by atoms with Gasteiger partial charge >= 0.3 is 11.9 Å². The van der Waals surface area contributed by atoms with Crippen molar-refractivity contribution >= 4 is 39.9 Å². The molecule has 11 nitrogen and oxygen atoms in total. The maximum absolute atomic E-state index is 13.7. The molecule has 5 rings (SSSR count). The highest BCUT2D eigenvalue weighted by Crippen LogP contribution is 2.46. The van der Waals surface area contributed by atoms with E-state index in [0.717, 1.165) is 24.2 Å². The van der Waals surface area contributed by atoms with Gasteiger partial charge in [-0.3, -0.25) is 14.5 Å². The fourth-order valence-electron chi connectivity index (χ4n) is 4.97. The largest absolute Gasteiger partial charge is 0.507 e. The van der Waals surface area contributed by atoms with E-state index in [1.807, 2.05) is 6.92 Å².